The first-order chi connectivity index (χ1) is 12.7. The Morgan fingerprint density at radius 3 is 2.37 bits per heavy atom. The fourth-order valence-electron chi connectivity index (χ4n) is 2.13. The fraction of sp³-hybridized carbons (Fsp3) is 0.167. The monoisotopic (exact) mass is 391 g/mol. The van der Waals surface area contributed by atoms with Gasteiger partial charge >= 0.3 is 11.9 Å². The van der Waals surface area contributed by atoms with Crippen molar-refractivity contribution in [1.29, 1.82) is 0 Å². The molecule has 0 saturated heterocycles. The Hall–Kier alpha value is -3.20. The van der Waals surface area contributed by atoms with Gasteiger partial charge in [-0.2, -0.15) is 0 Å². The van der Waals surface area contributed by atoms with Gasteiger partial charge in [0, 0.05) is 6.26 Å². The lowest BCUT2D eigenvalue weighted by atomic mass is 10.2. The maximum atomic E-state index is 12.0. The first kappa shape index (κ1) is 20.1. The lowest BCUT2D eigenvalue weighted by Crippen LogP contribution is -2.22. The van der Waals surface area contributed by atoms with Gasteiger partial charge in [0.25, 0.3) is 5.91 Å². The van der Waals surface area contributed by atoms with Crippen molar-refractivity contribution in [1.82, 2.24) is 0 Å². The predicted molar refractivity (Wildman–Crippen MR) is 96.2 cm³/mol. The number of ether oxygens (including phenoxy) is 2. The van der Waals surface area contributed by atoms with Crippen LogP contribution >= 0.6 is 0 Å². The van der Waals surface area contributed by atoms with Crippen molar-refractivity contribution in [3.63, 3.8) is 0 Å². The molecule has 0 spiro atoms. The Morgan fingerprint density at radius 1 is 1.00 bits per heavy atom. The summed E-state index contributed by atoms with van der Waals surface area (Å²) in [4.78, 5) is 35.7. The number of para-hydroxylation sites is 1. The van der Waals surface area contributed by atoms with Gasteiger partial charge in [-0.15, -0.1) is 0 Å². The lowest BCUT2D eigenvalue weighted by molar-refractivity contribution is -0.119. The predicted octanol–water partition coefficient (Wildman–Crippen LogP) is 1.67. The molecule has 0 saturated carbocycles. The maximum absolute atomic E-state index is 12.0. The van der Waals surface area contributed by atoms with Gasteiger partial charge in [0.2, 0.25) is 0 Å². The van der Waals surface area contributed by atoms with Gasteiger partial charge in [-0.1, -0.05) is 18.2 Å². The number of anilines is 1. The number of sulfone groups is 1. The van der Waals surface area contributed by atoms with E-state index in [1.54, 1.807) is 12.1 Å². The molecule has 1 N–H and O–H groups in total. The Kier molecular flexibility index (Phi) is 6.30. The molecule has 0 unspecified atom stereocenters. The zero-order chi connectivity index (χ0) is 20.0. The third-order valence-electron chi connectivity index (χ3n) is 3.44. The van der Waals surface area contributed by atoms with Crippen molar-refractivity contribution in [3.05, 3.63) is 59.7 Å². The molecule has 1 amide bonds. The molecule has 0 aliphatic carbocycles. The van der Waals surface area contributed by atoms with Crippen LogP contribution in [0.1, 0.15) is 20.7 Å². The van der Waals surface area contributed by atoms with Gasteiger partial charge in [-0.3, -0.25) is 4.79 Å². The fourth-order valence-corrected chi connectivity index (χ4v) is 2.80. The number of methoxy groups -OCH3 is 1. The second kappa shape index (κ2) is 8.45. The van der Waals surface area contributed by atoms with Gasteiger partial charge in [-0.05, 0) is 30.3 Å². The summed E-state index contributed by atoms with van der Waals surface area (Å²) in [7, 11) is -2.26. The van der Waals surface area contributed by atoms with Crippen LogP contribution in [0.2, 0.25) is 0 Å². The minimum atomic E-state index is -3.48. The van der Waals surface area contributed by atoms with Crippen molar-refractivity contribution in [2.45, 2.75) is 4.90 Å². The molecule has 142 valence electrons. The molecule has 2 rings (SSSR count). The summed E-state index contributed by atoms with van der Waals surface area (Å²) in [6.45, 7) is -0.614. The number of carbonyl (C=O) groups is 3. The van der Waals surface area contributed by atoms with Crippen LogP contribution in [0.5, 0.6) is 0 Å². The summed E-state index contributed by atoms with van der Waals surface area (Å²) in [6, 6.07) is 11.5. The molecule has 0 aliphatic rings. The third-order valence-corrected chi connectivity index (χ3v) is 4.55. The number of amides is 1. The number of hydrogen-bond acceptors (Lipinski definition) is 7. The Balaban J connectivity index is 2.03. The molecule has 0 aromatic heterocycles. The molecule has 9 heteroatoms. The number of benzene rings is 2. The first-order valence-corrected chi connectivity index (χ1v) is 9.56. The summed E-state index contributed by atoms with van der Waals surface area (Å²) < 4.78 is 32.6. The first-order valence-electron chi connectivity index (χ1n) is 7.67. The van der Waals surface area contributed by atoms with Crippen LogP contribution < -0.4 is 5.32 Å². The zero-order valence-corrected chi connectivity index (χ0v) is 15.4. The van der Waals surface area contributed by atoms with Gasteiger partial charge in [0.05, 0.1) is 28.8 Å². The topological polar surface area (TPSA) is 116 Å². The average molecular weight is 391 g/mol. The number of nitrogens with one attached hydrogen (secondary N) is 1. The molecule has 2 aromatic rings. The summed E-state index contributed by atoms with van der Waals surface area (Å²) in [6.07, 6.45) is 1.02. The maximum Gasteiger partial charge on any atom is 0.339 e. The van der Waals surface area contributed by atoms with E-state index in [1.807, 2.05) is 0 Å². The summed E-state index contributed by atoms with van der Waals surface area (Å²) in [5.41, 5.74) is 0.366. The molecule has 0 aliphatic heterocycles. The number of hydrogen-bond donors (Lipinski definition) is 1. The highest BCUT2D eigenvalue weighted by atomic mass is 32.2. The molecule has 0 atom stereocenters. The molecule has 0 fully saturated rings. The minimum absolute atomic E-state index is 0.000635. The van der Waals surface area contributed by atoms with E-state index in [-0.39, 0.29) is 21.7 Å². The van der Waals surface area contributed by atoms with E-state index >= 15 is 0 Å². The van der Waals surface area contributed by atoms with Crippen molar-refractivity contribution < 1.29 is 32.3 Å². The van der Waals surface area contributed by atoms with Crippen LogP contribution in [0.15, 0.2) is 53.4 Å². The van der Waals surface area contributed by atoms with Gasteiger partial charge in [-0.25, -0.2) is 18.0 Å². The SMILES string of the molecule is COC(=O)c1ccccc1NC(=O)COC(=O)c1cccc(S(C)(=O)=O)c1. The van der Waals surface area contributed by atoms with E-state index < -0.39 is 34.3 Å². The second-order valence-corrected chi connectivity index (χ2v) is 7.48. The highest BCUT2D eigenvalue weighted by Crippen LogP contribution is 2.16. The number of esters is 2. The summed E-state index contributed by atoms with van der Waals surface area (Å²) >= 11 is 0. The third kappa shape index (κ3) is 5.38. The van der Waals surface area contributed by atoms with Gasteiger partial charge < -0.3 is 14.8 Å². The van der Waals surface area contributed by atoms with E-state index in [0.29, 0.717) is 0 Å². The van der Waals surface area contributed by atoms with Crippen LogP contribution in [0, 0.1) is 0 Å². The van der Waals surface area contributed by atoms with E-state index in [2.05, 4.69) is 10.1 Å². The molecule has 0 bridgehead atoms. The Bertz CT molecular complexity index is 983. The van der Waals surface area contributed by atoms with Crippen LogP contribution in [0.4, 0.5) is 5.69 Å². The molecule has 27 heavy (non-hydrogen) atoms. The zero-order valence-electron chi connectivity index (χ0n) is 14.6. The van der Waals surface area contributed by atoms with Gasteiger partial charge in [0.1, 0.15) is 0 Å². The molecule has 0 radical (unpaired) electrons. The van der Waals surface area contributed by atoms with E-state index in [0.717, 1.165) is 6.26 Å². The highest BCUT2D eigenvalue weighted by molar-refractivity contribution is 7.90. The molecule has 8 nitrogen and oxygen atoms in total. The standard InChI is InChI=1S/C18H17NO7S/c1-25-18(22)14-8-3-4-9-15(14)19-16(20)11-26-17(21)12-6-5-7-13(10-12)27(2,23)24/h3-10H,11H2,1-2H3,(H,19,20). The molecule has 0 heterocycles. The van der Waals surface area contributed by atoms with Gasteiger partial charge in [0.15, 0.2) is 16.4 Å². The average Bonchev–Trinajstić information content (AvgIpc) is 2.65. The molecular weight excluding hydrogens is 374 g/mol. The smallest absolute Gasteiger partial charge is 0.339 e. The van der Waals surface area contributed by atoms with Crippen molar-refractivity contribution in [2.75, 3.05) is 25.3 Å². The van der Waals surface area contributed by atoms with Crippen LogP contribution in [0.3, 0.4) is 0 Å². The molecule has 2 aromatic carbocycles. The van der Waals surface area contributed by atoms with Crippen LogP contribution in [-0.2, 0) is 24.1 Å². The van der Waals surface area contributed by atoms with Crippen LogP contribution in [0.25, 0.3) is 0 Å². The number of rotatable bonds is 6. The van der Waals surface area contributed by atoms with E-state index in [4.69, 9.17) is 4.74 Å². The summed E-state index contributed by atoms with van der Waals surface area (Å²) in [5, 5.41) is 2.46. The van der Waals surface area contributed by atoms with Crippen molar-refractivity contribution >= 4 is 33.4 Å². The van der Waals surface area contributed by atoms with E-state index in [1.165, 1.54) is 43.5 Å². The van der Waals surface area contributed by atoms with Crippen molar-refractivity contribution in [2.24, 2.45) is 0 Å². The van der Waals surface area contributed by atoms with Crippen LogP contribution in [-0.4, -0.2) is 46.2 Å². The second-order valence-electron chi connectivity index (χ2n) is 5.46. The normalized spacial score (nSPS) is 10.7. The lowest BCUT2D eigenvalue weighted by Gasteiger charge is -2.10. The Morgan fingerprint density at radius 2 is 1.70 bits per heavy atom. The molecular formula is C18H17NO7S. The minimum Gasteiger partial charge on any atom is -0.465 e. The van der Waals surface area contributed by atoms with E-state index in [9.17, 15) is 22.8 Å². The quantitative estimate of drug-likeness (QED) is 0.745. The number of carbonyl (C=O) groups excluding carboxylic acids is 3. The highest BCUT2D eigenvalue weighted by Gasteiger charge is 2.16. The van der Waals surface area contributed by atoms with Crippen molar-refractivity contribution in [3.8, 4) is 0 Å². The largest absolute Gasteiger partial charge is 0.465 e. The summed E-state index contributed by atoms with van der Waals surface area (Å²) in [5.74, 6) is -2.14. The Labute approximate surface area is 156 Å².